The smallest absolute Gasteiger partial charge is 0.339 e. The zero-order valence-corrected chi connectivity index (χ0v) is 12.5. The number of fused-ring (bicyclic) bond motifs is 1. The van der Waals surface area contributed by atoms with Crippen LogP contribution in [0.2, 0.25) is 0 Å². The first-order valence-electron chi connectivity index (χ1n) is 7.39. The fraction of sp³-hybridized carbons (Fsp3) is 0.357. The summed E-state index contributed by atoms with van der Waals surface area (Å²) in [7, 11) is 0. The van der Waals surface area contributed by atoms with Crippen molar-refractivity contribution in [3.63, 3.8) is 0 Å². The third-order valence-electron chi connectivity index (χ3n) is 4.01. The van der Waals surface area contributed by atoms with Gasteiger partial charge in [-0.2, -0.15) is 4.98 Å². The summed E-state index contributed by atoms with van der Waals surface area (Å²) in [6.45, 7) is -0.407. The molecule has 0 saturated carbocycles. The quantitative estimate of drug-likeness (QED) is 0.442. The lowest BCUT2D eigenvalue weighted by Crippen LogP contribution is -2.48. The second-order valence-electron chi connectivity index (χ2n) is 5.43. The number of hydrogen-bond donors (Lipinski definition) is 4. The highest BCUT2D eigenvalue weighted by molar-refractivity contribution is 5.80. The maximum Gasteiger partial charge on any atom is 0.339 e. The lowest BCUT2D eigenvalue weighted by molar-refractivity contribution is -0.0588. The summed E-state index contributed by atoms with van der Waals surface area (Å²) in [5, 5.41) is 31.4. The van der Waals surface area contributed by atoms with Crippen LogP contribution in [0.4, 0.5) is 5.82 Å². The van der Waals surface area contributed by atoms with E-state index in [1.807, 2.05) is 0 Å². The molecule has 1 fully saturated rings. The van der Waals surface area contributed by atoms with Crippen LogP contribution < -0.4 is 5.01 Å². The zero-order valence-electron chi connectivity index (χ0n) is 12.5. The van der Waals surface area contributed by atoms with Crippen LogP contribution in [-0.2, 0) is 4.74 Å². The van der Waals surface area contributed by atoms with Gasteiger partial charge in [-0.25, -0.2) is 9.97 Å². The molecular weight excluding hydrogens is 316 g/mol. The third kappa shape index (κ3) is 2.28. The summed E-state index contributed by atoms with van der Waals surface area (Å²) in [5.41, 5.74) is 1.02. The van der Waals surface area contributed by atoms with E-state index in [4.69, 9.17) is 4.74 Å². The molecule has 10 nitrogen and oxygen atoms in total. The lowest BCUT2D eigenvalue weighted by Gasteiger charge is -2.18. The van der Waals surface area contributed by atoms with Crippen LogP contribution in [0, 0.1) is 0 Å². The van der Waals surface area contributed by atoms with Crippen molar-refractivity contribution in [2.45, 2.75) is 24.5 Å². The molecule has 0 aromatic carbocycles. The molecule has 0 amide bonds. The van der Waals surface area contributed by atoms with Gasteiger partial charge < -0.3 is 25.0 Å². The monoisotopic (exact) mass is 332 g/mol. The molecular formula is C14H16N6O4+. The Morgan fingerprint density at radius 3 is 2.67 bits per heavy atom. The summed E-state index contributed by atoms with van der Waals surface area (Å²) >= 11 is 0. The van der Waals surface area contributed by atoms with Crippen molar-refractivity contribution >= 4 is 17.0 Å². The van der Waals surface area contributed by atoms with Crippen LogP contribution in [0.5, 0.6) is 0 Å². The highest BCUT2D eigenvalue weighted by atomic mass is 16.6. The highest BCUT2D eigenvalue weighted by Gasteiger charge is 2.54. The molecule has 24 heavy (non-hydrogen) atoms. The topological polar surface area (TPSA) is 135 Å². The van der Waals surface area contributed by atoms with Gasteiger partial charge in [0.1, 0.15) is 18.5 Å². The number of nitrogens with one attached hydrogen (secondary N) is 1. The largest absolute Gasteiger partial charge is 0.394 e. The van der Waals surface area contributed by atoms with E-state index in [0.717, 1.165) is 0 Å². The first-order chi connectivity index (χ1) is 11.7. The highest BCUT2D eigenvalue weighted by Crippen LogP contribution is 2.30. The Kier molecular flexibility index (Phi) is 3.75. The van der Waals surface area contributed by atoms with Crippen molar-refractivity contribution in [2.24, 2.45) is 0 Å². The molecule has 10 heteroatoms. The third-order valence-corrected chi connectivity index (χ3v) is 4.01. The molecule has 1 aliphatic rings. The molecule has 1 saturated heterocycles. The van der Waals surface area contributed by atoms with Gasteiger partial charge in [-0.05, 0) is 12.1 Å². The molecule has 0 spiro atoms. The van der Waals surface area contributed by atoms with Crippen molar-refractivity contribution in [3.05, 3.63) is 37.2 Å². The molecule has 3 aromatic rings. The van der Waals surface area contributed by atoms with Crippen molar-refractivity contribution < 1.29 is 20.1 Å². The number of aliphatic hydroxyl groups is 3. The van der Waals surface area contributed by atoms with Crippen LogP contribution in [0.1, 0.15) is 0 Å². The van der Waals surface area contributed by atoms with Crippen LogP contribution >= 0.6 is 0 Å². The first-order valence-corrected chi connectivity index (χ1v) is 7.39. The standard InChI is InChI=1S/C14H16N6O4/c21-5-8-10(22)11(23)14(24-8)20(19-3-1-2-4-19)13-9-12(16-6-15-9)17-7-18-13/h1-4,6-8,10-11,14,21-23H,5H2,(H,15,16,17,18)/q+1/t8-,10-,11-,14?/m1/s1. The average Bonchev–Trinajstić information content (AvgIpc) is 3.32. The SMILES string of the molecule is OC[C@H]1OC([N+](c2ncnc3[nH]cnc23)n2cccc2)[C@H](O)[C@@H]1O. The molecule has 1 radical (unpaired) electrons. The van der Waals surface area contributed by atoms with E-state index in [2.05, 4.69) is 19.9 Å². The van der Waals surface area contributed by atoms with E-state index in [1.54, 1.807) is 34.2 Å². The summed E-state index contributed by atoms with van der Waals surface area (Å²) in [6.07, 6.45) is 2.05. The Labute approximate surface area is 136 Å². The Bertz CT molecular complexity index is 822. The van der Waals surface area contributed by atoms with Crippen LogP contribution in [-0.4, -0.2) is 71.1 Å². The molecule has 1 unspecified atom stereocenters. The number of aromatic amines is 1. The number of aromatic nitrogens is 5. The second-order valence-corrected chi connectivity index (χ2v) is 5.43. The minimum Gasteiger partial charge on any atom is -0.394 e. The van der Waals surface area contributed by atoms with Gasteiger partial charge >= 0.3 is 12.0 Å². The van der Waals surface area contributed by atoms with Crippen molar-refractivity contribution in [2.75, 3.05) is 6.61 Å². The van der Waals surface area contributed by atoms with Crippen LogP contribution in [0.25, 0.3) is 11.2 Å². The minimum absolute atomic E-state index is 0.396. The number of ether oxygens (including phenoxy) is 1. The van der Waals surface area contributed by atoms with Gasteiger partial charge in [-0.15, -0.1) is 4.68 Å². The Morgan fingerprint density at radius 2 is 1.96 bits per heavy atom. The summed E-state index contributed by atoms with van der Waals surface area (Å²) < 4.78 is 7.32. The van der Waals surface area contributed by atoms with Crippen LogP contribution in [0.15, 0.2) is 37.2 Å². The number of rotatable bonds is 4. The Morgan fingerprint density at radius 1 is 1.17 bits per heavy atom. The van der Waals surface area contributed by atoms with E-state index >= 15 is 0 Å². The normalized spacial score (nSPS) is 27.3. The minimum atomic E-state index is -1.24. The van der Waals surface area contributed by atoms with E-state index in [9.17, 15) is 15.3 Å². The van der Waals surface area contributed by atoms with Crippen molar-refractivity contribution in [1.82, 2.24) is 29.6 Å². The number of anilines is 1. The predicted octanol–water partition coefficient (Wildman–Crippen LogP) is -1.17. The Balaban J connectivity index is 1.83. The summed E-state index contributed by atoms with van der Waals surface area (Å²) in [6, 6.07) is 3.61. The Hall–Kier alpha value is -2.37. The lowest BCUT2D eigenvalue weighted by atomic mass is 10.1. The number of aliphatic hydroxyl groups excluding tert-OH is 3. The fourth-order valence-electron chi connectivity index (χ4n) is 2.83. The molecule has 125 valence electrons. The zero-order chi connectivity index (χ0) is 16.7. The van der Waals surface area contributed by atoms with Gasteiger partial charge in [-0.1, -0.05) is 0 Å². The van der Waals surface area contributed by atoms with Gasteiger partial charge in [0.15, 0.2) is 17.3 Å². The maximum atomic E-state index is 10.4. The molecule has 4 N–H and O–H groups in total. The predicted molar refractivity (Wildman–Crippen MR) is 81.1 cm³/mol. The fourth-order valence-corrected chi connectivity index (χ4v) is 2.83. The summed E-state index contributed by atoms with van der Waals surface area (Å²) in [4.78, 5) is 15.5. The van der Waals surface area contributed by atoms with E-state index in [-0.39, 0.29) is 0 Å². The first kappa shape index (κ1) is 15.2. The van der Waals surface area contributed by atoms with Crippen molar-refractivity contribution in [3.8, 4) is 0 Å². The van der Waals surface area contributed by atoms with Gasteiger partial charge in [0.2, 0.25) is 0 Å². The number of imidazole rings is 1. The van der Waals surface area contributed by atoms with E-state index in [1.165, 1.54) is 12.7 Å². The number of nitrogens with zero attached hydrogens (tertiary/aromatic N) is 5. The van der Waals surface area contributed by atoms with Crippen molar-refractivity contribution in [1.29, 1.82) is 0 Å². The molecule has 4 atom stereocenters. The van der Waals surface area contributed by atoms with E-state index in [0.29, 0.717) is 17.0 Å². The van der Waals surface area contributed by atoms with Gasteiger partial charge in [-0.3, -0.25) is 0 Å². The molecule has 4 heterocycles. The van der Waals surface area contributed by atoms with Gasteiger partial charge in [0.05, 0.1) is 25.3 Å². The van der Waals surface area contributed by atoms with Gasteiger partial charge in [0, 0.05) is 5.01 Å². The number of H-pyrrole nitrogens is 1. The maximum absolute atomic E-state index is 10.4. The second kappa shape index (κ2) is 5.92. The molecule has 1 aliphatic heterocycles. The van der Waals surface area contributed by atoms with E-state index < -0.39 is 31.1 Å². The molecule has 0 bridgehead atoms. The number of hydrogen-bond acceptors (Lipinski definition) is 8. The summed E-state index contributed by atoms with van der Waals surface area (Å²) in [5.74, 6) is 0.396. The molecule has 3 aromatic heterocycles. The average molecular weight is 332 g/mol. The van der Waals surface area contributed by atoms with Crippen LogP contribution in [0.3, 0.4) is 0 Å². The van der Waals surface area contributed by atoms with Gasteiger partial charge in [0.25, 0.3) is 0 Å². The molecule has 4 rings (SSSR count). The molecule has 0 aliphatic carbocycles.